The molecule has 0 spiro atoms. The van der Waals surface area contributed by atoms with Crippen LogP contribution in [0.5, 0.6) is 0 Å². The van der Waals surface area contributed by atoms with E-state index >= 15 is 0 Å². The highest BCUT2D eigenvalue weighted by Gasteiger charge is 2.33. The Balaban J connectivity index is 1.45. The fourth-order valence-corrected chi connectivity index (χ4v) is 4.27. The maximum Gasteiger partial charge on any atom is 0.238 e. The summed E-state index contributed by atoms with van der Waals surface area (Å²) in [5.41, 5.74) is 0.607. The first-order valence-corrected chi connectivity index (χ1v) is 11.1. The third-order valence-corrected chi connectivity index (χ3v) is 6.10. The van der Waals surface area contributed by atoms with Crippen molar-refractivity contribution in [2.45, 2.75) is 26.7 Å². The maximum absolute atomic E-state index is 13.0. The van der Waals surface area contributed by atoms with Crippen LogP contribution in [0.3, 0.4) is 0 Å². The molecule has 7 nitrogen and oxygen atoms in total. The van der Waals surface area contributed by atoms with E-state index in [9.17, 15) is 14.4 Å². The summed E-state index contributed by atoms with van der Waals surface area (Å²) < 4.78 is 0. The van der Waals surface area contributed by atoms with Crippen molar-refractivity contribution in [3.63, 3.8) is 0 Å². The zero-order chi connectivity index (χ0) is 21.7. The molecule has 0 saturated carbocycles. The molecule has 0 aliphatic carbocycles. The molecule has 2 saturated heterocycles. The van der Waals surface area contributed by atoms with E-state index in [-0.39, 0.29) is 36.1 Å². The zero-order valence-electron chi connectivity index (χ0n) is 17.8. The Hall–Kier alpha value is -2.12. The van der Waals surface area contributed by atoms with Gasteiger partial charge in [-0.3, -0.25) is 19.3 Å². The van der Waals surface area contributed by atoms with Gasteiger partial charge in [0.1, 0.15) is 0 Å². The second-order valence-corrected chi connectivity index (χ2v) is 8.81. The number of halogens is 1. The van der Waals surface area contributed by atoms with Crippen LogP contribution in [0.1, 0.15) is 26.7 Å². The van der Waals surface area contributed by atoms with Crippen molar-refractivity contribution in [3.05, 3.63) is 29.3 Å². The summed E-state index contributed by atoms with van der Waals surface area (Å²) in [5, 5.41) is 3.35. The average molecular weight is 435 g/mol. The van der Waals surface area contributed by atoms with Crippen molar-refractivity contribution < 1.29 is 14.4 Å². The molecule has 164 valence electrons. The largest absolute Gasteiger partial charge is 0.342 e. The number of amides is 3. The van der Waals surface area contributed by atoms with E-state index in [4.69, 9.17) is 11.6 Å². The highest BCUT2D eigenvalue weighted by Crippen LogP contribution is 2.22. The minimum atomic E-state index is -0.114. The number of piperidine rings is 1. The molecule has 0 bridgehead atoms. The minimum absolute atomic E-state index is 0.0423. The molecule has 3 amide bonds. The molecular formula is C22H31ClN4O3. The topological polar surface area (TPSA) is 73.0 Å². The van der Waals surface area contributed by atoms with Crippen LogP contribution in [0, 0.1) is 11.8 Å². The average Bonchev–Trinajstić information content (AvgIpc) is 2.75. The lowest BCUT2D eigenvalue weighted by atomic mass is 9.95. The van der Waals surface area contributed by atoms with Crippen molar-refractivity contribution in [1.29, 1.82) is 0 Å². The molecule has 1 aromatic carbocycles. The second kappa shape index (κ2) is 10.3. The first-order chi connectivity index (χ1) is 14.3. The number of likely N-dealkylation sites (tertiary alicyclic amines) is 1. The van der Waals surface area contributed by atoms with Crippen molar-refractivity contribution in [2.24, 2.45) is 11.8 Å². The number of piperazine rings is 1. The number of hydrogen-bond donors (Lipinski definition) is 1. The highest BCUT2D eigenvalue weighted by atomic mass is 35.5. The lowest BCUT2D eigenvalue weighted by Gasteiger charge is -2.39. The third-order valence-electron chi connectivity index (χ3n) is 5.78. The highest BCUT2D eigenvalue weighted by molar-refractivity contribution is 6.33. The van der Waals surface area contributed by atoms with Gasteiger partial charge in [-0.2, -0.15) is 0 Å². The van der Waals surface area contributed by atoms with E-state index in [1.807, 2.05) is 40.7 Å². The first kappa shape index (κ1) is 22.6. The van der Waals surface area contributed by atoms with E-state index in [0.29, 0.717) is 43.4 Å². The number of hydrogen-bond acceptors (Lipinski definition) is 4. The minimum Gasteiger partial charge on any atom is -0.342 e. The van der Waals surface area contributed by atoms with Gasteiger partial charge < -0.3 is 15.1 Å². The molecule has 30 heavy (non-hydrogen) atoms. The normalized spacial score (nSPS) is 20.3. The molecule has 0 radical (unpaired) electrons. The van der Waals surface area contributed by atoms with Crippen LogP contribution in [0.25, 0.3) is 0 Å². The number of carbonyl (C=O) groups is 3. The Bertz CT molecular complexity index is 777. The van der Waals surface area contributed by atoms with Crippen molar-refractivity contribution in [2.75, 3.05) is 51.1 Å². The molecule has 1 unspecified atom stereocenters. The summed E-state index contributed by atoms with van der Waals surface area (Å²) in [7, 11) is 0. The van der Waals surface area contributed by atoms with Crippen molar-refractivity contribution in [1.82, 2.24) is 14.7 Å². The summed E-state index contributed by atoms with van der Waals surface area (Å²) in [6, 6.07) is 7.16. The second-order valence-electron chi connectivity index (χ2n) is 8.41. The van der Waals surface area contributed by atoms with Crippen LogP contribution < -0.4 is 5.32 Å². The molecule has 2 heterocycles. The fourth-order valence-electron chi connectivity index (χ4n) is 4.08. The van der Waals surface area contributed by atoms with Gasteiger partial charge in [-0.05, 0) is 25.0 Å². The van der Waals surface area contributed by atoms with Gasteiger partial charge in [0.2, 0.25) is 17.7 Å². The van der Waals surface area contributed by atoms with Crippen LogP contribution in [0.2, 0.25) is 5.02 Å². The maximum atomic E-state index is 13.0. The molecule has 1 aromatic rings. The molecule has 1 atom stereocenters. The number of benzene rings is 1. The number of anilines is 1. The Kier molecular flexibility index (Phi) is 7.72. The van der Waals surface area contributed by atoms with E-state index in [0.717, 1.165) is 19.4 Å². The van der Waals surface area contributed by atoms with Gasteiger partial charge in [0, 0.05) is 45.2 Å². The quantitative estimate of drug-likeness (QED) is 0.771. The zero-order valence-corrected chi connectivity index (χ0v) is 18.5. The molecule has 2 aliphatic heterocycles. The Morgan fingerprint density at radius 2 is 1.77 bits per heavy atom. The molecule has 1 N–H and O–H groups in total. The molecule has 3 rings (SSSR count). The number of para-hydroxylation sites is 1. The third kappa shape index (κ3) is 5.73. The first-order valence-electron chi connectivity index (χ1n) is 10.7. The predicted molar refractivity (Wildman–Crippen MR) is 117 cm³/mol. The Labute approximate surface area is 183 Å². The molecule has 2 fully saturated rings. The summed E-state index contributed by atoms with van der Waals surface area (Å²) in [5.74, 6) is -0.00731. The van der Waals surface area contributed by atoms with Crippen LogP contribution >= 0.6 is 11.6 Å². The molecule has 2 aliphatic rings. The Morgan fingerprint density at radius 1 is 1.07 bits per heavy atom. The van der Waals surface area contributed by atoms with Crippen molar-refractivity contribution in [3.8, 4) is 0 Å². The summed E-state index contributed by atoms with van der Waals surface area (Å²) in [6.07, 6.45) is 1.71. The van der Waals surface area contributed by atoms with E-state index in [2.05, 4.69) is 5.32 Å². The molecular weight excluding hydrogens is 404 g/mol. The van der Waals surface area contributed by atoms with Crippen LogP contribution in [-0.2, 0) is 14.4 Å². The lowest BCUT2D eigenvalue weighted by Crippen LogP contribution is -2.54. The number of nitrogens with one attached hydrogen (secondary N) is 1. The summed E-state index contributed by atoms with van der Waals surface area (Å²) >= 11 is 6.09. The van der Waals surface area contributed by atoms with Gasteiger partial charge in [0.15, 0.2) is 0 Å². The lowest BCUT2D eigenvalue weighted by molar-refractivity contribution is -0.143. The molecule has 0 aromatic heterocycles. The number of carbonyl (C=O) groups excluding carboxylic acids is 3. The Morgan fingerprint density at radius 3 is 2.43 bits per heavy atom. The van der Waals surface area contributed by atoms with E-state index in [1.165, 1.54) is 0 Å². The van der Waals surface area contributed by atoms with Gasteiger partial charge in [-0.15, -0.1) is 0 Å². The van der Waals surface area contributed by atoms with Gasteiger partial charge in [0.25, 0.3) is 0 Å². The fraction of sp³-hybridized carbons (Fsp3) is 0.591. The van der Waals surface area contributed by atoms with Crippen molar-refractivity contribution >= 4 is 35.0 Å². The summed E-state index contributed by atoms with van der Waals surface area (Å²) in [4.78, 5) is 43.4. The predicted octanol–water partition coefficient (Wildman–Crippen LogP) is 2.32. The SMILES string of the molecule is CC(C)C(=O)N1CCCC(C(=O)N2CCN(CC(=O)Nc3ccccc3Cl)CC2)C1. The van der Waals surface area contributed by atoms with Crippen LogP contribution in [0.4, 0.5) is 5.69 Å². The van der Waals surface area contributed by atoms with Gasteiger partial charge in [-0.1, -0.05) is 37.6 Å². The van der Waals surface area contributed by atoms with Crippen LogP contribution in [0.15, 0.2) is 24.3 Å². The van der Waals surface area contributed by atoms with Crippen LogP contribution in [-0.4, -0.2) is 78.2 Å². The van der Waals surface area contributed by atoms with Gasteiger partial charge in [0.05, 0.1) is 23.2 Å². The monoisotopic (exact) mass is 434 g/mol. The van der Waals surface area contributed by atoms with E-state index < -0.39 is 0 Å². The number of rotatable bonds is 5. The smallest absolute Gasteiger partial charge is 0.238 e. The summed E-state index contributed by atoms with van der Waals surface area (Å²) in [6.45, 7) is 7.86. The number of nitrogens with zero attached hydrogens (tertiary/aromatic N) is 3. The van der Waals surface area contributed by atoms with E-state index in [1.54, 1.807) is 12.1 Å². The van der Waals surface area contributed by atoms with Gasteiger partial charge in [-0.25, -0.2) is 0 Å². The molecule has 8 heteroatoms. The van der Waals surface area contributed by atoms with Gasteiger partial charge >= 0.3 is 0 Å². The standard InChI is InChI=1S/C22H31ClN4O3/c1-16(2)21(29)27-9-5-6-17(14-27)22(30)26-12-10-25(11-13-26)15-20(28)24-19-8-4-3-7-18(19)23/h3-4,7-8,16-17H,5-6,9-15H2,1-2H3,(H,24,28).